The highest BCUT2D eigenvalue weighted by atomic mass is 35.5. The van der Waals surface area contributed by atoms with Gasteiger partial charge in [0.2, 0.25) is 5.91 Å². The maximum atomic E-state index is 12.7. The predicted molar refractivity (Wildman–Crippen MR) is 95.9 cm³/mol. The zero-order valence-corrected chi connectivity index (χ0v) is 15.8. The molecule has 1 aliphatic heterocycles. The summed E-state index contributed by atoms with van der Waals surface area (Å²) >= 11 is 6.27. The third-order valence-corrected chi connectivity index (χ3v) is 4.04. The maximum Gasteiger partial charge on any atom is 0.325 e. The highest BCUT2D eigenvalue weighted by molar-refractivity contribution is 6.32. The molecule has 2 rings (SSSR count). The fourth-order valence-electron chi connectivity index (χ4n) is 2.53. The fraction of sp³-hybridized carbons (Fsp3) is 0.556. The van der Waals surface area contributed by atoms with Crippen LogP contribution in [0, 0.1) is 0 Å². The molecule has 0 atom stereocenters. The molecule has 0 aromatic heterocycles. The summed E-state index contributed by atoms with van der Waals surface area (Å²) in [5.41, 5.74) is 0.690. The van der Waals surface area contributed by atoms with E-state index in [1.807, 2.05) is 0 Å². The van der Waals surface area contributed by atoms with E-state index in [2.05, 4.69) is 0 Å². The second-order valence-corrected chi connectivity index (χ2v) is 6.15. The molecule has 0 spiro atoms. The average molecular weight is 386 g/mol. The monoisotopic (exact) mass is 385 g/mol. The summed E-state index contributed by atoms with van der Waals surface area (Å²) in [6.07, 6.45) is 0.850. The van der Waals surface area contributed by atoms with Gasteiger partial charge < -0.3 is 23.8 Å². The van der Waals surface area contributed by atoms with E-state index in [0.29, 0.717) is 48.5 Å². The number of methoxy groups -OCH3 is 1. The van der Waals surface area contributed by atoms with Gasteiger partial charge in [0.1, 0.15) is 6.54 Å². The molecule has 0 unspecified atom stereocenters. The number of carbonyl (C=O) groups is 2. The first-order valence-corrected chi connectivity index (χ1v) is 8.93. The van der Waals surface area contributed by atoms with Gasteiger partial charge in [-0.25, -0.2) is 0 Å². The first kappa shape index (κ1) is 20.3. The van der Waals surface area contributed by atoms with Crippen molar-refractivity contribution in [3.8, 4) is 11.5 Å². The Morgan fingerprint density at radius 2 is 2.04 bits per heavy atom. The van der Waals surface area contributed by atoms with Crippen LogP contribution in [-0.4, -0.2) is 63.4 Å². The van der Waals surface area contributed by atoms with E-state index in [9.17, 15) is 9.59 Å². The van der Waals surface area contributed by atoms with Crippen molar-refractivity contribution in [1.82, 2.24) is 4.90 Å². The summed E-state index contributed by atoms with van der Waals surface area (Å²) in [6.45, 7) is 3.56. The lowest BCUT2D eigenvalue weighted by atomic mass is 10.1. The van der Waals surface area contributed by atoms with Crippen molar-refractivity contribution < 1.29 is 28.5 Å². The second-order valence-electron chi connectivity index (χ2n) is 5.75. The lowest BCUT2D eigenvalue weighted by Gasteiger charge is -2.21. The zero-order valence-electron chi connectivity index (χ0n) is 15.1. The molecule has 0 saturated heterocycles. The van der Waals surface area contributed by atoms with Crippen LogP contribution in [0.4, 0.5) is 0 Å². The first-order valence-electron chi connectivity index (χ1n) is 8.55. The van der Waals surface area contributed by atoms with E-state index in [1.54, 1.807) is 19.1 Å². The molecule has 1 amide bonds. The van der Waals surface area contributed by atoms with Crippen LogP contribution in [-0.2, 0) is 25.5 Å². The van der Waals surface area contributed by atoms with E-state index < -0.39 is 5.97 Å². The van der Waals surface area contributed by atoms with Crippen molar-refractivity contribution in [2.24, 2.45) is 0 Å². The second kappa shape index (κ2) is 10.2. The quantitative estimate of drug-likeness (QED) is 0.638. The Labute approximate surface area is 158 Å². The molecule has 26 heavy (non-hydrogen) atoms. The van der Waals surface area contributed by atoms with Gasteiger partial charge in [0.15, 0.2) is 11.5 Å². The molecule has 144 valence electrons. The minimum atomic E-state index is -0.450. The highest BCUT2D eigenvalue weighted by Gasteiger charge is 2.21. The smallest absolute Gasteiger partial charge is 0.325 e. The molecule has 1 aromatic carbocycles. The van der Waals surface area contributed by atoms with Crippen LogP contribution < -0.4 is 9.47 Å². The number of hydrogen-bond acceptors (Lipinski definition) is 6. The molecule has 1 aromatic rings. The standard InChI is InChI=1S/C18H24ClNO6/c1-3-24-17(22)12-20(5-8-23-2)16(21)11-13-9-14(19)18-15(10-13)25-6-4-7-26-18/h9-10H,3-8,11-12H2,1-2H3. The third kappa shape index (κ3) is 5.78. The van der Waals surface area contributed by atoms with Gasteiger partial charge in [0, 0.05) is 20.1 Å². The molecule has 8 heteroatoms. The van der Waals surface area contributed by atoms with Crippen molar-refractivity contribution in [2.75, 3.05) is 46.6 Å². The van der Waals surface area contributed by atoms with Crippen molar-refractivity contribution in [3.63, 3.8) is 0 Å². The Hall–Kier alpha value is -1.99. The van der Waals surface area contributed by atoms with Crippen molar-refractivity contribution in [3.05, 3.63) is 22.7 Å². The number of rotatable bonds is 8. The lowest BCUT2D eigenvalue weighted by molar-refractivity contribution is -0.149. The van der Waals surface area contributed by atoms with E-state index in [0.717, 1.165) is 6.42 Å². The number of carbonyl (C=O) groups excluding carboxylic acids is 2. The SMILES string of the molecule is CCOC(=O)CN(CCOC)C(=O)Cc1cc(Cl)c2c(c1)OCCCO2. The first-order chi connectivity index (χ1) is 12.5. The number of benzene rings is 1. The zero-order chi connectivity index (χ0) is 18.9. The largest absolute Gasteiger partial charge is 0.489 e. The van der Waals surface area contributed by atoms with E-state index in [1.165, 1.54) is 12.0 Å². The van der Waals surface area contributed by atoms with Crippen molar-refractivity contribution in [1.29, 1.82) is 0 Å². The number of amides is 1. The number of fused-ring (bicyclic) bond motifs is 1. The number of esters is 1. The Morgan fingerprint density at radius 1 is 1.27 bits per heavy atom. The van der Waals surface area contributed by atoms with Gasteiger partial charge in [-0.15, -0.1) is 0 Å². The predicted octanol–water partition coefficient (Wildman–Crippen LogP) is 2.08. The van der Waals surface area contributed by atoms with E-state index >= 15 is 0 Å². The summed E-state index contributed by atoms with van der Waals surface area (Å²) in [7, 11) is 1.54. The van der Waals surface area contributed by atoms with Gasteiger partial charge in [0.25, 0.3) is 0 Å². The molecule has 0 saturated carbocycles. The molecule has 0 aliphatic carbocycles. The van der Waals surface area contributed by atoms with Gasteiger partial charge in [-0.1, -0.05) is 11.6 Å². The minimum Gasteiger partial charge on any atom is -0.489 e. The van der Waals surface area contributed by atoms with Crippen molar-refractivity contribution >= 4 is 23.5 Å². The summed E-state index contributed by atoms with van der Waals surface area (Å²) < 4.78 is 21.2. The fourth-order valence-corrected chi connectivity index (χ4v) is 2.82. The maximum absolute atomic E-state index is 12.7. The van der Waals surface area contributed by atoms with Gasteiger partial charge in [0.05, 0.1) is 37.9 Å². The van der Waals surface area contributed by atoms with Crippen LogP contribution >= 0.6 is 11.6 Å². The number of nitrogens with zero attached hydrogens (tertiary/aromatic N) is 1. The molecule has 0 bridgehead atoms. The molecule has 0 fully saturated rings. The van der Waals surface area contributed by atoms with E-state index in [-0.39, 0.29) is 25.5 Å². The Morgan fingerprint density at radius 3 is 2.77 bits per heavy atom. The van der Waals surface area contributed by atoms with Gasteiger partial charge in [-0.2, -0.15) is 0 Å². The van der Waals surface area contributed by atoms with Crippen molar-refractivity contribution in [2.45, 2.75) is 19.8 Å². The molecule has 1 aliphatic rings. The normalized spacial score (nSPS) is 13.0. The summed E-state index contributed by atoms with van der Waals surface area (Å²) in [5, 5.41) is 0.404. The lowest BCUT2D eigenvalue weighted by Crippen LogP contribution is -2.39. The Balaban J connectivity index is 2.10. The third-order valence-electron chi connectivity index (χ3n) is 3.76. The van der Waals surface area contributed by atoms with Crippen LogP contribution in [0.2, 0.25) is 5.02 Å². The average Bonchev–Trinajstić information content (AvgIpc) is 2.84. The molecule has 0 radical (unpaired) electrons. The summed E-state index contributed by atoms with van der Waals surface area (Å²) in [5.74, 6) is 0.365. The van der Waals surface area contributed by atoms with Crippen LogP contribution in [0.3, 0.4) is 0 Å². The molecule has 7 nitrogen and oxygen atoms in total. The number of halogens is 1. The summed E-state index contributed by atoms with van der Waals surface area (Å²) in [4.78, 5) is 25.8. The van der Waals surface area contributed by atoms with Crippen LogP contribution in [0.25, 0.3) is 0 Å². The molecule has 0 N–H and O–H groups in total. The van der Waals surface area contributed by atoms with Crippen LogP contribution in [0.5, 0.6) is 11.5 Å². The van der Waals surface area contributed by atoms with Gasteiger partial charge >= 0.3 is 5.97 Å². The number of ether oxygens (including phenoxy) is 4. The summed E-state index contributed by atoms with van der Waals surface area (Å²) in [6, 6.07) is 3.44. The molecular formula is C18H24ClNO6. The topological polar surface area (TPSA) is 74.3 Å². The van der Waals surface area contributed by atoms with Gasteiger partial charge in [-0.3, -0.25) is 9.59 Å². The Bertz CT molecular complexity index is 636. The minimum absolute atomic E-state index is 0.0828. The molecular weight excluding hydrogens is 362 g/mol. The Kier molecular flexibility index (Phi) is 8.00. The highest BCUT2D eigenvalue weighted by Crippen LogP contribution is 2.38. The van der Waals surface area contributed by atoms with Crippen LogP contribution in [0.15, 0.2) is 12.1 Å². The van der Waals surface area contributed by atoms with Crippen LogP contribution in [0.1, 0.15) is 18.9 Å². The molecule has 1 heterocycles. The van der Waals surface area contributed by atoms with E-state index in [4.69, 9.17) is 30.5 Å². The van der Waals surface area contributed by atoms with Gasteiger partial charge in [-0.05, 0) is 24.6 Å². The number of hydrogen-bond donors (Lipinski definition) is 0.